The van der Waals surface area contributed by atoms with Crippen LogP contribution in [-0.4, -0.2) is 29.8 Å². The zero-order chi connectivity index (χ0) is 15.9. The summed E-state index contributed by atoms with van der Waals surface area (Å²) in [7, 11) is 0. The number of para-hydroxylation sites is 1. The van der Waals surface area contributed by atoms with E-state index in [1.807, 2.05) is 17.0 Å². The minimum Gasteiger partial charge on any atom is -0.376 e. The molecular weight excluding hydrogens is 280 g/mol. The van der Waals surface area contributed by atoms with Crippen molar-refractivity contribution >= 4 is 17.5 Å². The molecule has 0 spiro atoms. The van der Waals surface area contributed by atoms with Gasteiger partial charge in [-0.15, -0.1) is 0 Å². The molecule has 0 aliphatic carbocycles. The Kier molecular flexibility index (Phi) is 5.15. The lowest BCUT2D eigenvalue weighted by Gasteiger charge is -2.29. The molecule has 2 rings (SSSR count). The maximum absolute atomic E-state index is 12.1. The van der Waals surface area contributed by atoms with Crippen LogP contribution in [0.1, 0.15) is 12.8 Å². The quantitative estimate of drug-likeness (QED) is 0.645. The highest BCUT2D eigenvalue weighted by Gasteiger charge is 2.22. The number of hydrogen-bond acceptors (Lipinski definition) is 4. The summed E-state index contributed by atoms with van der Waals surface area (Å²) in [4.78, 5) is 25.1. The van der Waals surface area contributed by atoms with Gasteiger partial charge in [0, 0.05) is 30.9 Å². The van der Waals surface area contributed by atoms with Crippen molar-refractivity contribution in [2.75, 3.05) is 18.4 Å². The molecule has 1 fully saturated rings. The number of primary amides is 1. The Morgan fingerprint density at radius 3 is 2.45 bits per heavy atom. The molecule has 0 aromatic heterocycles. The third-order valence-corrected chi connectivity index (χ3v) is 3.64. The van der Waals surface area contributed by atoms with E-state index in [9.17, 15) is 9.59 Å². The summed E-state index contributed by atoms with van der Waals surface area (Å²) in [6.07, 6.45) is 2.84. The molecule has 1 heterocycles. The average Bonchev–Trinajstić information content (AvgIpc) is 2.53. The zero-order valence-electron chi connectivity index (χ0n) is 12.2. The second-order valence-electron chi connectivity index (χ2n) is 5.19. The van der Waals surface area contributed by atoms with Crippen molar-refractivity contribution in [1.82, 2.24) is 4.90 Å². The lowest BCUT2D eigenvalue weighted by Crippen LogP contribution is -2.36. The third kappa shape index (κ3) is 4.09. The van der Waals surface area contributed by atoms with E-state index < -0.39 is 5.91 Å². The molecule has 1 aromatic rings. The number of benzene rings is 1. The van der Waals surface area contributed by atoms with Crippen LogP contribution in [0.5, 0.6) is 0 Å². The van der Waals surface area contributed by atoms with Crippen LogP contribution in [0, 0.1) is 17.2 Å². The van der Waals surface area contributed by atoms with Gasteiger partial charge in [-0.1, -0.05) is 18.2 Å². The molecule has 1 aliphatic heterocycles. The fraction of sp³-hybridized carbons (Fsp3) is 0.312. The molecule has 3 N–H and O–H groups in total. The van der Waals surface area contributed by atoms with Gasteiger partial charge in [0.15, 0.2) is 0 Å². The van der Waals surface area contributed by atoms with Crippen LogP contribution < -0.4 is 11.1 Å². The zero-order valence-corrected chi connectivity index (χ0v) is 12.2. The average molecular weight is 298 g/mol. The van der Waals surface area contributed by atoms with Crippen LogP contribution in [0.4, 0.5) is 5.69 Å². The van der Waals surface area contributed by atoms with E-state index in [2.05, 4.69) is 5.32 Å². The van der Waals surface area contributed by atoms with E-state index in [4.69, 9.17) is 11.0 Å². The second-order valence-corrected chi connectivity index (χ2v) is 5.19. The van der Waals surface area contributed by atoms with Crippen LogP contribution in [-0.2, 0) is 9.59 Å². The van der Waals surface area contributed by atoms with Crippen LogP contribution in [0.3, 0.4) is 0 Å². The van der Waals surface area contributed by atoms with Crippen molar-refractivity contribution < 1.29 is 9.59 Å². The fourth-order valence-electron chi connectivity index (χ4n) is 2.35. The van der Waals surface area contributed by atoms with Gasteiger partial charge in [-0.25, -0.2) is 0 Å². The molecule has 6 heteroatoms. The smallest absolute Gasteiger partial charge is 0.267 e. The standard InChI is InChI=1S/C16H18N4O2/c17-10-13(16(22)19-14-4-2-1-3-5-14)11-20-8-6-12(7-9-20)15(18)21/h1-5,11-12H,6-9H2,(H2,18,21)(H,19,22). The number of rotatable bonds is 4. The number of carbonyl (C=O) groups is 2. The number of piperidine rings is 1. The van der Waals surface area contributed by atoms with Crippen molar-refractivity contribution in [1.29, 1.82) is 5.26 Å². The Bertz CT molecular complexity index is 611. The molecule has 0 bridgehead atoms. The normalized spacial score (nSPS) is 16.0. The summed E-state index contributed by atoms with van der Waals surface area (Å²) in [6, 6.07) is 10.9. The topological polar surface area (TPSA) is 99.2 Å². The molecule has 1 aliphatic rings. The number of carbonyl (C=O) groups excluding carboxylic acids is 2. The maximum atomic E-state index is 12.1. The Morgan fingerprint density at radius 2 is 1.91 bits per heavy atom. The first kappa shape index (κ1) is 15.6. The maximum Gasteiger partial charge on any atom is 0.267 e. The van der Waals surface area contributed by atoms with Gasteiger partial charge in [-0.3, -0.25) is 9.59 Å². The number of hydrogen-bond donors (Lipinski definition) is 2. The number of likely N-dealkylation sites (tertiary alicyclic amines) is 1. The highest BCUT2D eigenvalue weighted by molar-refractivity contribution is 6.06. The summed E-state index contributed by atoms with van der Waals surface area (Å²) < 4.78 is 0. The van der Waals surface area contributed by atoms with Gasteiger partial charge in [0.2, 0.25) is 5.91 Å². The number of amides is 2. The molecule has 1 aromatic carbocycles. The lowest BCUT2D eigenvalue weighted by molar-refractivity contribution is -0.123. The van der Waals surface area contributed by atoms with Gasteiger partial charge < -0.3 is 16.0 Å². The summed E-state index contributed by atoms with van der Waals surface area (Å²) >= 11 is 0. The Balaban J connectivity index is 1.98. The monoisotopic (exact) mass is 298 g/mol. The molecule has 22 heavy (non-hydrogen) atoms. The summed E-state index contributed by atoms with van der Waals surface area (Å²) in [5.74, 6) is -0.843. The van der Waals surface area contributed by atoms with E-state index in [-0.39, 0.29) is 17.4 Å². The van der Waals surface area contributed by atoms with Crippen LogP contribution in [0.2, 0.25) is 0 Å². The van der Waals surface area contributed by atoms with Crippen molar-refractivity contribution in [2.24, 2.45) is 11.7 Å². The first-order valence-electron chi connectivity index (χ1n) is 7.12. The molecule has 0 unspecified atom stereocenters. The Labute approximate surface area is 129 Å². The van der Waals surface area contributed by atoms with Crippen molar-refractivity contribution in [3.63, 3.8) is 0 Å². The molecular formula is C16H18N4O2. The minimum atomic E-state index is -0.439. The van der Waals surface area contributed by atoms with Gasteiger partial charge in [-0.2, -0.15) is 5.26 Å². The van der Waals surface area contributed by atoms with E-state index in [1.54, 1.807) is 30.5 Å². The second kappa shape index (κ2) is 7.27. The predicted molar refractivity (Wildman–Crippen MR) is 82.3 cm³/mol. The fourth-order valence-corrected chi connectivity index (χ4v) is 2.35. The molecule has 1 saturated heterocycles. The Morgan fingerprint density at radius 1 is 1.27 bits per heavy atom. The minimum absolute atomic E-state index is 0.0429. The van der Waals surface area contributed by atoms with Crippen LogP contribution >= 0.6 is 0 Å². The number of nitrogens with one attached hydrogen (secondary N) is 1. The first-order valence-corrected chi connectivity index (χ1v) is 7.12. The van der Waals surface area contributed by atoms with Crippen LogP contribution in [0.25, 0.3) is 0 Å². The third-order valence-electron chi connectivity index (χ3n) is 3.64. The molecule has 0 radical (unpaired) electrons. The van der Waals surface area contributed by atoms with Crippen molar-refractivity contribution in [2.45, 2.75) is 12.8 Å². The molecule has 114 valence electrons. The van der Waals surface area contributed by atoms with E-state index in [0.29, 0.717) is 31.6 Å². The van der Waals surface area contributed by atoms with E-state index in [1.165, 1.54) is 0 Å². The van der Waals surface area contributed by atoms with Crippen molar-refractivity contribution in [3.05, 3.63) is 42.1 Å². The highest BCUT2D eigenvalue weighted by Crippen LogP contribution is 2.18. The SMILES string of the molecule is N#CC(=CN1CCC(C(N)=O)CC1)C(=O)Nc1ccccc1. The Hall–Kier alpha value is -2.81. The number of nitriles is 1. The van der Waals surface area contributed by atoms with Gasteiger partial charge in [0.25, 0.3) is 5.91 Å². The summed E-state index contributed by atoms with van der Waals surface area (Å²) in [5.41, 5.74) is 5.97. The number of nitrogens with two attached hydrogens (primary N) is 1. The lowest BCUT2D eigenvalue weighted by atomic mass is 9.96. The van der Waals surface area contributed by atoms with E-state index >= 15 is 0 Å². The first-order chi connectivity index (χ1) is 10.6. The van der Waals surface area contributed by atoms with Gasteiger partial charge in [-0.05, 0) is 25.0 Å². The van der Waals surface area contributed by atoms with Gasteiger partial charge >= 0.3 is 0 Å². The number of anilines is 1. The predicted octanol–water partition coefficient (Wildman–Crippen LogP) is 1.23. The highest BCUT2D eigenvalue weighted by atomic mass is 16.2. The molecule has 0 atom stereocenters. The molecule has 6 nitrogen and oxygen atoms in total. The number of nitrogens with zero attached hydrogens (tertiary/aromatic N) is 2. The summed E-state index contributed by atoms with van der Waals surface area (Å²) in [5, 5.41) is 11.8. The van der Waals surface area contributed by atoms with Gasteiger partial charge in [0.05, 0.1) is 0 Å². The summed E-state index contributed by atoms with van der Waals surface area (Å²) in [6.45, 7) is 1.22. The van der Waals surface area contributed by atoms with Crippen molar-refractivity contribution in [3.8, 4) is 6.07 Å². The van der Waals surface area contributed by atoms with E-state index in [0.717, 1.165) is 0 Å². The molecule has 0 saturated carbocycles. The van der Waals surface area contributed by atoms with Crippen LogP contribution in [0.15, 0.2) is 42.1 Å². The molecule has 2 amide bonds. The largest absolute Gasteiger partial charge is 0.376 e. The van der Waals surface area contributed by atoms with Gasteiger partial charge in [0.1, 0.15) is 11.6 Å².